The molecule has 29 heavy (non-hydrogen) atoms. The third-order valence-corrected chi connectivity index (χ3v) is 4.70. The Labute approximate surface area is 172 Å². The lowest BCUT2D eigenvalue weighted by Gasteiger charge is -2.21. The van der Waals surface area contributed by atoms with E-state index >= 15 is 0 Å². The highest BCUT2D eigenvalue weighted by Gasteiger charge is 2.34. The van der Waals surface area contributed by atoms with Crippen molar-refractivity contribution in [2.75, 3.05) is 23.9 Å². The molecule has 1 aliphatic rings. The van der Waals surface area contributed by atoms with E-state index in [1.807, 2.05) is 50.5 Å². The smallest absolute Gasteiger partial charge is 0.347 e. The number of anilines is 2. The first kappa shape index (κ1) is 22.4. The molecule has 3 rings (SSSR count). The molecule has 0 bridgehead atoms. The van der Waals surface area contributed by atoms with Crippen LogP contribution in [0.2, 0.25) is 0 Å². The number of rotatable bonds is 7. The zero-order valence-electron chi connectivity index (χ0n) is 18.4. The van der Waals surface area contributed by atoms with Crippen molar-refractivity contribution in [2.24, 2.45) is 0 Å². The highest BCUT2D eigenvalue weighted by molar-refractivity contribution is 5.79. The molecule has 2 aromatic rings. The molecule has 2 unspecified atom stereocenters. The second-order valence-electron chi connectivity index (χ2n) is 6.30. The van der Waals surface area contributed by atoms with Gasteiger partial charge in [0.15, 0.2) is 11.9 Å². The predicted molar refractivity (Wildman–Crippen MR) is 112 cm³/mol. The monoisotopic (exact) mass is 404 g/mol. The fourth-order valence-electron chi connectivity index (χ4n) is 3.20. The van der Waals surface area contributed by atoms with Crippen molar-refractivity contribution in [3.63, 3.8) is 0 Å². The normalized spacial score (nSPS) is 15.7. The largest absolute Gasteiger partial charge is 0.463 e. The quantitative estimate of drug-likeness (QED) is 0.703. The van der Waals surface area contributed by atoms with E-state index in [2.05, 4.69) is 27.3 Å². The number of carbonyl (C=O) groups excluding carboxylic acids is 1. The highest BCUT2D eigenvalue weighted by Crippen LogP contribution is 2.43. The van der Waals surface area contributed by atoms with Crippen molar-refractivity contribution in [1.29, 1.82) is 0 Å². The van der Waals surface area contributed by atoms with Gasteiger partial charge in [0.1, 0.15) is 18.2 Å². The minimum absolute atomic E-state index is 0.137. The topological polar surface area (TPSA) is 94.4 Å². The molecule has 2 aromatic heterocycles. The fourth-order valence-corrected chi connectivity index (χ4v) is 3.20. The molecule has 0 amide bonds. The molecular weight excluding hydrogens is 372 g/mol. The first-order chi connectivity index (χ1) is 14.0. The van der Waals surface area contributed by atoms with Crippen LogP contribution in [-0.2, 0) is 16.1 Å². The van der Waals surface area contributed by atoms with E-state index in [-0.39, 0.29) is 6.17 Å². The predicted octanol–water partition coefficient (Wildman–Crippen LogP) is 3.31. The third kappa shape index (κ3) is 4.44. The number of esters is 1. The standard InChI is InChI=1S/C18H26N6O3.C2H6/c1-6-13(18(25)26-8-3)27-17-14-16(19-10-20-17)23(5)15(22-14)12-9-21-24(7-2)11(12)4;1-2/h9-10,13,15,22H,6-8H2,1-5H3;1-2H3. The van der Waals surface area contributed by atoms with Crippen molar-refractivity contribution in [3.05, 3.63) is 23.8 Å². The van der Waals surface area contributed by atoms with Crippen LogP contribution < -0.4 is 15.0 Å². The maximum Gasteiger partial charge on any atom is 0.347 e. The Bertz CT molecular complexity index is 823. The van der Waals surface area contributed by atoms with E-state index in [1.165, 1.54) is 6.33 Å². The van der Waals surface area contributed by atoms with Crippen LogP contribution in [0.4, 0.5) is 11.5 Å². The van der Waals surface area contributed by atoms with Gasteiger partial charge in [0, 0.05) is 24.8 Å². The molecule has 9 heteroatoms. The molecular formula is C20H32N6O3. The van der Waals surface area contributed by atoms with Gasteiger partial charge in [-0.05, 0) is 27.2 Å². The lowest BCUT2D eigenvalue weighted by Crippen LogP contribution is -2.29. The average molecular weight is 405 g/mol. The van der Waals surface area contributed by atoms with Crippen LogP contribution in [0.1, 0.15) is 58.5 Å². The summed E-state index contributed by atoms with van der Waals surface area (Å²) in [5, 5.41) is 7.84. The van der Waals surface area contributed by atoms with Gasteiger partial charge in [0.2, 0.25) is 5.88 Å². The van der Waals surface area contributed by atoms with E-state index in [1.54, 1.807) is 6.92 Å². The van der Waals surface area contributed by atoms with Crippen molar-refractivity contribution < 1.29 is 14.3 Å². The SMILES string of the molecule is CC.CCOC(=O)C(CC)Oc1ncnc2c1NC(c1cnn(CC)c1C)N2C. The number of aromatic nitrogens is 4. The van der Waals surface area contributed by atoms with Gasteiger partial charge in [0.25, 0.3) is 0 Å². The molecule has 0 fully saturated rings. The van der Waals surface area contributed by atoms with Crippen molar-refractivity contribution in [2.45, 2.75) is 66.8 Å². The van der Waals surface area contributed by atoms with Crippen molar-refractivity contribution >= 4 is 17.5 Å². The maximum absolute atomic E-state index is 12.1. The molecule has 2 atom stereocenters. The van der Waals surface area contributed by atoms with Crippen LogP contribution >= 0.6 is 0 Å². The summed E-state index contributed by atoms with van der Waals surface area (Å²) in [6, 6.07) is 0. The number of ether oxygens (including phenoxy) is 2. The van der Waals surface area contributed by atoms with Gasteiger partial charge < -0.3 is 19.7 Å². The minimum atomic E-state index is -0.709. The summed E-state index contributed by atoms with van der Waals surface area (Å²) >= 11 is 0. The first-order valence-corrected chi connectivity index (χ1v) is 10.2. The molecule has 1 aliphatic heterocycles. The van der Waals surface area contributed by atoms with E-state index < -0.39 is 12.1 Å². The number of nitrogens with one attached hydrogen (secondary N) is 1. The minimum Gasteiger partial charge on any atom is -0.463 e. The number of carbonyl (C=O) groups is 1. The Morgan fingerprint density at radius 3 is 2.59 bits per heavy atom. The summed E-state index contributed by atoms with van der Waals surface area (Å²) in [5.74, 6) is 0.664. The van der Waals surface area contributed by atoms with Gasteiger partial charge in [-0.15, -0.1) is 0 Å². The van der Waals surface area contributed by atoms with E-state index in [0.717, 1.165) is 17.8 Å². The summed E-state index contributed by atoms with van der Waals surface area (Å²) in [5.41, 5.74) is 2.81. The lowest BCUT2D eigenvalue weighted by molar-refractivity contribution is -0.151. The van der Waals surface area contributed by atoms with Crippen molar-refractivity contribution in [3.8, 4) is 5.88 Å². The summed E-state index contributed by atoms with van der Waals surface area (Å²) < 4.78 is 12.9. The number of fused-ring (bicyclic) bond motifs is 1. The number of hydrogen-bond donors (Lipinski definition) is 1. The van der Waals surface area contributed by atoms with Gasteiger partial charge in [-0.3, -0.25) is 4.68 Å². The summed E-state index contributed by atoms with van der Waals surface area (Å²) in [4.78, 5) is 22.7. The Kier molecular flexibility index (Phi) is 7.81. The Hall–Kier alpha value is -2.84. The lowest BCUT2D eigenvalue weighted by atomic mass is 10.2. The average Bonchev–Trinajstić information content (AvgIpc) is 3.27. The van der Waals surface area contributed by atoms with Crippen LogP contribution in [0, 0.1) is 6.92 Å². The Morgan fingerprint density at radius 2 is 2.00 bits per heavy atom. The fraction of sp³-hybridized carbons (Fsp3) is 0.600. The summed E-state index contributed by atoms with van der Waals surface area (Å²) in [6.07, 6.45) is 2.94. The molecule has 0 spiro atoms. The Morgan fingerprint density at radius 1 is 1.28 bits per heavy atom. The van der Waals surface area contributed by atoms with Crippen LogP contribution in [0.25, 0.3) is 0 Å². The number of nitrogens with zero attached hydrogens (tertiary/aromatic N) is 5. The van der Waals surface area contributed by atoms with E-state index in [4.69, 9.17) is 9.47 Å². The molecule has 0 radical (unpaired) electrons. The van der Waals surface area contributed by atoms with Crippen LogP contribution in [0.5, 0.6) is 5.88 Å². The van der Waals surface area contributed by atoms with Crippen molar-refractivity contribution in [1.82, 2.24) is 19.7 Å². The second-order valence-corrected chi connectivity index (χ2v) is 6.30. The van der Waals surface area contributed by atoms with E-state index in [0.29, 0.717) is 30.4 Å². The first-order valence-electron chi connectivity index (χ1n) is 10.2. The molecule has 0 saturated heterocycles. The van der Waals surface area contributed by atoms with Gasteiger partial charge in [0.05, 0.1) is 12.8 Å². The maximum atomic E-state index is 12.1. The van der Waals surface area contributed by atoms with Crippen LogP contribution in [0.3, 0.4) is 0 Å². The highest BCUT2D eigenvalue weighted by atomic mass is 16.6. The zero-order chi connectivity index (χ0) is 21.6. The number of hydrogen-bond acceptors (Lipinski definition) is 8. The van der Waals surface area contributed by atoms with Crippen LogP contribution in [0.15, 0.2) is 12.5 Å². The van der Waals surface area contributed by atoms with Gasteiger partial charge in [-0.25, -0.2) is 9.78 Å². The molecule has 0 aliphatic carbocycles. The summed E-state index contributed by atoms with van der Waals surface area (Å²) in [7, 11) is 1.95. The second kappa shape index (κ2) is 10.1. The zero-order valence-corrected chi connectivity index (χ0v) is 18.4. The molecule has 160 valence electrons. The molecule has 0 aromatic carbocycles. The van der Waals surface area contributed by atoms with E-state index in [9.17, 15) is 4.79 Å². The van der Waals surface area contributed by atoms with Gasteiger partial charge in [-0.1, -0.05) is 20.8 Å². The molecule has 1 N–H and O–H groups in total. The van der Waals surface area contributed by atoms with Crippen LogP contribution in [-0.4, -0.2) is 45.5 Å². The molecule has 9 nitrogen and oxygen atoms in total. The Balaban J connectivity index is 0.00000145. The molecule has 3 heterocycles. The summed E-state index contributed by atoms with van der Waals surface area (Å²) in [6.45, 7) is 12.9. The molecule has 0 saturated carbocycles. The van der Waals surface area contributed by atoms with Gasteiger partial charge >= 0.3 is 5.97 Å². The van der Waals surface area contributed by atoms with Gasteiger partial charge in [-0.2, -0.15) is 10.1 Å². The third-order valence-electron chi connectivity index (χ3n) is 4.70. The number of aryl methyl sites for hydroxylation is 1.